The molecule has 0 bridgehead atoms. The third-order valence-corrected chi connectivity index (χ3v) is 5.33. The maximum absolute atomic E-state index is 13.2. The number of aryl methyl sites for hydroxylation is 3. The van der Waals surface area contributed by atoms with Crippen molar-refractivity contribution in [3.05, 3.63) is 87.7 Å². The Balaban J connectivity index is 1.92. The molecule has 3 rings (SSSR count). The van der Waals surface area contributed by atoms with E-state index in [-0.39, 0.29) is 5.69 Å². The van der Waals surface area contributed by atoms with E-state index in [1.165, 1.54) is 0 Å². The molecule has 0 saturated heterocycles. The number of esters is 1. The van der Waals surface area contributed by atoms with Gasteiger partial charge in [0.15, 0.2) is 0 Å². The highest BCUT2D eigenvalue weighted by atomic mass is 16.5. The van der Waals surface area contributed by atoms with Crippen LogP contribution in [-0.4, -0.2) is 22.0 Å². The second-order valence-corrected chi connectivity index (χ2v) is 7.84. The summed E-state index contributed by atoms with van der Waals surface area (Å²) in [5, 5.41) is 12.9. The summed E-state index contributed by atoms with van der Waals surface area (Å²) in [7, 11) is 0. The van der Waals surface area contributed by atoms with E-state index in [9.17, 15) is 14.7 Å². The molecule has 0 unspecified atom stereocenters. The Morgan fingerprint density at radius 2 is 1.71 bits per heavy atom. The zero-order valence-electron chi connectivity index (χ0n) is 18.4. The number of hydrogen-bond donors (Lipinski definition) is 3. The summed E-state index contributed by atoms with van der Waals surface area (Å²) in [6, 6.07) is 14.7. The van der Waals surface area contributed by atoms with Gasteiger partial charge in [-0.2, -0.15) is 0 Å². The van der Waals surface area contributed by atoms with Gasteiger partial charge < -0.3 is 20.1 Å². The van der Waals surface area contributed by atoms with E-state index in [1.807, 2.05) is 38.1 Å². The van der Waals surface area contributed by atoms with Crippen molar-refractivity contribution in [3.8, 4) is 0 Å². The molecule has 6 heteroatoms. The Kier molecular flexibility index (Phi) is 6.61. The fourth-order valence-electron chi connectivity index (χ4n) is 3.73. The lowest BCUT2D eigenvalue weighted by molar-refractivity contribution is -0.125. The fraction of sp³-hybridized carbons (Fsp3) is 0.280. The Bertz CT molecular complexity index is 1100. The first-order valence-electron chi connectivity index (χ1n) is 10.2. The second-order valence-electron chi connectivity index (χ2n) is 7.84. The number of carbonyl (C=O) groups excluding carboxylic acids is 2. The van der Waals surface area contributed by atoms with Gasteiger partial charge in [-0.25, -0.2) is 4.79 Å². The summed E-state index contributed by atoms with van der Waals surface area (Å²) in [6.07, 6.45) is -1.86. The van der Waals surface area contributed by atoms with Crippen LogP contribution >= 0.6 is 0 Å². The van der Waals surface area contributed by atoms with Gasteiger partial charge in [-0.1, -0.05) is 42.5 Å². The molecule has 1 heterocycles. The summed E-state index contributed by atoms with van der Waals surface area (Å²) in [6.45, 7) is 9.02. The van der Waals surface area contributed by atoms with Crippen LogP contribution in [0.5, 0.6) is 0 Å². The normalized spacial score (nSPS) is 12.8. The molecular weight excluding hydrogens is 392 g/mol. The van der Waals surface area contributed by atoms with Crippen LogP contribution in [0.2, 0.25) is 0 Å². The van der Waals surface area contributed by atoms with Crippen molar-refractivity contribution in [1.82, 2.24) is 4.98 Å². The molecule has 1 aromatic heterocycles. The van der Waals surface area contributed by atoms with Gasteiger partial charge in [-0.15, -0.1) is 0 Å². The highest BCUT2D eigenvalue weighted by Gasteiger charge is 2.29. The number of aliphatic hydroxyl groups is 1. The molecule has 31 heavy (non-hydrogen) atoms. The average Bonchev–Trinajstić information content (AvgIpc) is 3.03. The molecule has 3 aromatic rings. The van der Waals surface area contributed by atoms with E-state index in [0.29, 0.717) is 28.1 Å². The number of carbonyl (C=O) groups is 2. The van der Waals surface area contributed by atoms with Gasteiger partial charge in [0.05, 0.1) is 6.10 Å². The Morgan fingerprint density at radius 1 is 1.03 bits per heavy atom. The summed E-state index contributed by atoms with van der Waals surface area (Å²) in [4.78, 5) is 29.2. The first-order valence-corrected chi connectivity index (χ1v) is 10.2. The number of nitrogens with one attached hydrogen (secondary N) is 2. The third kappa shape index (κ3) is 4.86. The molecule has 2 atom stereocenters. The van der Waals surface area contributed by atoms with Crippen LogP contribution in [0.15, 0.2) is 48.5 Å². The van der Waals surface area contributed by atoms with E-state index >= 15 is 0 Å². The minimum absolute atomic E-state index is 0.230. The predicted molar refractivity (Wildman–Crippen MR) is 120 cm³/mol. The highest BCUT2D eigenvalue weighted by molar-refractivity contribution is 5.98. The van der Waals surface area contributed by atoms with E-state index < -0.39 is 24.1 Å². The zero-order valence-corrected chi connectivity index (χ0v) is 18.4. The molecule has 3 N–H and O–H groups in total. The average molecular weight is 421 g/mol. The molecule has 6 nitrogen and oxygen atoms in total. The Morgan fingerprint density at radius 3 is 2.32 bits per heavy atom. The van der Waals surface area contributed by atoms with Crippen molar-refractivity contribution in [2.24, 2.45) is 0 Å². The molecular formula is C25H28N2O4. The Labute approximate surface area is 182 Å². The molecule has 0 aliphatic carbocycles. The first kappa shape index (κ1) is 22.3. The summed E-state index contributed by atoms with van der Waals surface area (Å²) in [5.41, 5.74) is 5.35. The van der Waals surface area contributed by atoms with Crippen molar-refractivity contribution in [1.29, 1.82) is 0 Å². The van der Waals surface area contributed by atoms with E-state index in [4.69, 9.17) is 4.74 Å². The summed E-state index contributed by atoms with van der Waals surface area (Å²) >= 11 is 0. The molecule has 162 valence electrons. The lowest BCUT2D eigenvalue weighted by Gasteiger charge is -2.19. The minimum Gasteiger partial charge on any atom is -0.443 e. The van der Waals surface area contributed by atoms with E-state index in [1.54, 1.807) is 45.0 Å². The van der Waals surface area contributed by atoms with Crippen LogP contribution in [0, 0.1) is 27.7 Å². The largest absolute Gasteiger partial charge is 0.443 e. The van der Waals surface area contributed by atoms with Gasteiger partial charge in [0, 0.05) is 22.5 Å². The van der Waals surface area contributed by atoms with Crippen LogP contribution in [0.3, 0.4) is 0 Å². The van der Waals surface area contributed by atoms with Crippen LogP contribution < -0.4 is 5.32 Å². The van der Waals surface area contributed by atoms with Crippen molar-refractivity contribution < 1.29 is 19.4 Å². The van der Waals surface area contributed by atoms with Gasteiger partial charge in [0.2, 0.25) is 6.10 Å². The SMILES string of the molecule is Cc1ccc(C)c(NC(=O)[C@@H](OC(=O)c2[nH]c(C)c([C@H](C)O)c2C)c2ccccc2)c1. The number of ether oxygens (including phenoxy) is 1. The van der Waals surface area contributed by atoms with Crippen molar-refractivity contribution in [3.63, 3.8) is 0 Å². The zero-order chi connectivity index (χ0) is 22.7. The topological polar surface area (TPSA) is 91.4 Å². The number of H-pyrrole nitrogens is 1. The lowest BCUT2D eigenvalue weighted by Crippen LogP contribution is -2.26. The number of aromatic amines is 1. The number of anilines is 1. The van der Waals surface area contributed by atoms with E-state index in [2.05, 4.69) is 10.3 Å². The molecule has 0 fully saturated rings. The number of amides is 1. The standard InChI is InChI=1S/C25H28N2O4/c1-14-11-12-15(2)20(13-14)27-24(29)23(19-9-7-6-8-10-19)31-25(30)22-16(3)21(18(5)28)17(4)26-22/h6-13,18,23,26,28H,1-5H3,(H,27,29)/t18-,23-/m0/s1. The quantitative estimate of drug-likeness (QED) is 0.498. The van der Waals surface area contributed by atoms with Crippen LogP contribution in [0.25, 0.3) is 0 Å². The van der Waals surface area contributed by atoms with Gasteiger partial charge in [0.1, 0.15) is 5.69 Å². The van der Waals surface area contributed by atoms with Crippen molar-refractivity contribution >= 4 is 17.6 Å². The van der Waals surface area contributed by atoms with Gasteiger partial charge in [-0.05, 0) is 57.4 Å². The molecule has 0 aliphatic heterocycles. The fourth-order valence-corrected chi connectivity index (χ4v) is 3.73. The van der Waals surface area contributed by atoms with Gasteiger partial charge >= 0.3 is 5.97 Å². The first-order chi connectivity index (χ1) is 14.7. The smallest absolute Gasteiger partial charge is 0.356 e. The number of benzene rings is 2. The highest BCUT2D eigenvalue weighted by Crippen LogP contribution is 2.28. The van der Waals surface area contributed by atoms with Crippen LogP contribution in [0.1, 0.15) is 63.1 Å². The maximum Gasteiger partial charge on any atom is 0.356 e. The molecule has 0 radical (unpaired) electrons. The number of aliphatic hydroxyl groups excluding tert-OH is 1. The van der Waals surface area contributed by atoms with Crippen LogP contribution in [-0.2, 0) is 9.53 Å². The van der Waals surface area contributed by atoms with Gasteiger partial charge in [-0.3, -0.25) is 4.79 Å². The molecule has 1 amide bonds. The monoisotopic (exact) mass is 420 g/mol. The second kappa shape index (κ2) is 9.18. The molecule has 0 saturated carbocycles. The maximum atomic E-state index is 13.2. The van der Waals surface area contributed by atoms with Crippen molar-refractivity contribution in [2.75, 3.05) is 5.32 Å². The minimum atomic E-state index is -1.13. The molecule has 0 spiro atoms. The summed E-state index contributed by atoms with van der Waals surface area (Å²) in [5.74, 6) is -1.10. The van der Waals surface area contributed by atoms with Gasteiger partial charge in [0.25, 0.3) is 5.91 Å². The third-order valence-electron chi connectivity index (χ3n) is 5.33. The Hall–Kier alpha value is -3.38. The molecule has 2 aromatic carbocycles. The summed E-state index contributed by atoms with van der Waals surface area (Å²) < 4.78 is 5.69. The van der Waals surface area contributed by atoms with Crippen molar-refractivity contribution in [2.45, 2.75) is 46.8 Å². The molecule has 0 aliphatic rings. The van der Waals surface area contributed by atoms with Crippen LogP contribution in [0.4, 0.5) is 5.69 Å². The predicted octanol–water partition coefficient (Wildman–Crippen LogP) is 4.84. The lowest BCUT2D eigenvalue weighted by atomic mass is 10.1. The van der Waals surface area contributed by atoms with E-state index in [0.717, 1.165) is 11.1 Å². The number of rotatable bonds is 6. The number of hydrogen-bond acceptors (Lipinski definition) is 4. The number of aromatic nitrogens is 1.